The van der Waals surface area contributed by atoms with Gasteiger partial charge in [0.1, 0.15) is 11.5 Å². The number of ether oxygens (including phenoxy) is 1. The van der Waals surface area contributed by atoms with Gasteiger partial charge in [-0.2, -0.15) is 0 Å². The van der Waals surface area contributed by atoms with Gasteiger partial charge >= 0.3 is 0 Å². The predicted molar refractivity (Wildman–Crippen MR) is 224 cm³/mol. The Morgan fingerprint density at radius 3 is 1.25 bits per heavy atom. The molecule has 0 radical (unpaired) electrons. The molecular weight excluding hydrogens is 683 g/mol. The number of para-hydroxylation sites is 1. The van der Waals surface area contributed by atoms with Crippen molar-refractivity contribution in [3.05, 3.63) is 222 Å². The van der Waals surface area contributed by atoms with Crippen molar-refractivity contribution < 1.29 is 4.74 Å². The van der Waals surface area contributed by atoms with Crippen molar-refractivity contribution in [2.75, 3.05) is 0 Å². The first-order valence-electron chi connectivity index (χ1n) is 18.9. The normalized spacial score (nSPS) is 12.9. The molecule has 0 N–H and O–H groups in total. The van der Waals surface area contributed by atoms with E-state index < -0.39 is 5.41 Å². The second-order valence-electron chi connectivity index (χ2n) is 14.3. The average molecular weight is 716 g/mol. The van der Waals surface area contributed by atoms with Crippen LogP contribution >= 0.6 is 0 Å². The summed E-state index contributed by atoms with van der Waals surface area (Å²) >= 11 is 0. The van der Waals surface area contributed by atoms with Gasteiger partial charge in [0.2, 0.25) is 0 Å². The number of rotatable bonds is 5. The van der Waals surface area contributed by atoms with Gasteiger partial charge in [-0.3, -0.25) is 0 Å². The van der Waals surface area contributed by atoms with Crippen LogP contribution in [0.4, 0.5) is 0 Å². The van der Waals surface area contributed by atoms with Gasteiger partial charge in [-0.25, -0.2) is 15.0 Å². The molecule has 1 aliphatic heterocycles. The summed E-state index contributed by atoms with van der Waals surface area (Å²) in [6.07, 6.45) is 0. The van der Waals surface area contributed by atoms with Gasteiger partial charge in [-0.05, 0) is 56.6 Å². The summed E-state index contributed by atoms with van der Waals surface area (Å²) in [7, 11) is 0. The Hall–Kier alpha value is -7.43. The molecule has 1 aromatic heterocycles. The Morgan fingerprint density at radius 1 is 0.286 bits per heavy atom. The van der Waals surface area contributed by atoms with Crippen LogP contribution in [0.1, 0.15) is 22.3 Å². The second kappa shape index (κ2) is 12.9. The molecule has 4 nitrogen and oxygen atoms in total. The molecule has 0 bridgehead atoms. The summed E-state index contributed by atoms with van der Waals surface area (Å²) in [4.78, 5) is 14.8. The third-order valence-electron chi connectivity index (χ3n) is 11.2. The zero-order chi connectivity index (χ0) is 37.1. The third-order valence-corrected chi connectivity index (χ3v) is 11.2. The zero-order valence-corrected chi connectivity index (χ0v) is 30.3. The Labute approximate surface area is 325 Å². The lowest BCUT2D eigenvalue weighted by atomic mass is 9.66. The first kappa shape index (κ1) is 32.0. The maximum absolute atomic E-state index is 6.83. The largest absolute Gasteiger partial charge is 0.457 e. The SMILES string of the molecule is c1ccc(-c2nc(-c3ccccc3)nc(-c3ccc(-c4ccccc4-c4ccc5c(c4)Oc4ccccc4C54c5ccccc5-c5ccccc54)cc3)n2)cc1. The van der Waals surface area contributed by atoms with Gasteiger partial charge in [0.05, 0.1) is 5.41 Å². The molecule has 0 fully saturated rings. The van der Waals surface area contributed by atoms with E-state index in [1.165, 1.54) is 27.8 Å². The van der Waals surface area contributed by atoms with Crippen LogP contribution < -0.4 is 4.74 Å². The van der Waals surface area contributed by atoms with Crippen LogP contribution in [0.15, 0.2) is 200 Å². The molecule has 1 spiro atoms. The van der Waals surface area contributed by atoms with Crippen LogP contribution in [0.2, 0.25) is 0 Å². The minimum absolute atomic E-state index is 0.485. The number of benzene rings is 8. The minimum Gasteiger partial charge on any atom is -0.457 e. The summed E-state index contributed by atoms with van der Waals surface area (Å²) in [5.74, 6) is 3.68. The fourth-order valence-electron chi connectivity index (χ4n) is 8.75. The zero-order valence-electron chi connectivity index (χ0n) is 30.3. The molecule has 1 aliphatic carbocycles. The maximum Gasteiger partial charge on any atom is 0.164 e. The van der Waals surface area contributed by atoms with Gasteiger partial charge in [0, 0.05) is 27.8 Å². The Balaban J connectivity index is 1.01. The molecule has 11 rings (SSSR count). The molecular formula is C52H33N3O. The highest BCUT2D eigenvalue weighted by Crippen LogP contribution is 2.62. The van der Waals surface area contributed by atoms with Crippen molar-refractivity contribution in [1.82, 2.24) is 15.0 Å². The molecule has 0 saturated heterocycles. The van der Waals surface area contributed by atoms with Crippen LogP contribution in [0, 0.1) is 0 Å². The molecule has 9 aromatic rings. The van der Waals surface area contributed by atoms with Crippen LogP contribution in [0.3, 0.4) is 0 Å². The highest BCUT2D eigenvalue weighted by atomic mass is 16.5. The van der Waals surface area contributed by atoms with Crippen molar-refractivity contribution >= 4 is 0 Å². The van der Waals surface area contributed by atoms with Crippen molar-refractivity contribution in [3.63, 3.8) is 0 Å². The van der Waals surface area contributed by atoms with E-state index in [2.05, 4.69) is 140 Å². The molecule has 0 atom stereocenters. The number of aromatic nitrogens is 3. The summed E-state index contributed by atoms with van der Waals surface area (Å²) in [6, 6.07) is 70.2. The molecule has 0 amide bonds. The molecule has 2 aliphatic rings. The molecule has 262 valence electrons. The first-order chi connectivity index (χ1) is 27.8. The molecule has 0 unspecified atom stereocenters. The smallest absolute Gasteiger partial charge is 0.164 e. The first-order valence-corrected chi connectivity index (χ1v) is 18.9. The Bertz CT molecular complexity index is 2840. The highest BCUT2D eigenvalue weighted by molar-refractivity contribution is 5.90. The summed E-state index contributed by atoms with van der Waals surface area (Å²) < 4.78 is 6.83. The standard InChI is InChI=1S/C52H33N3O/c1-3-15-35(16-4-1)49-53-50(36-17-5-2-6-18-36)55-51(54-49)37-29-27-34(28-30-37)39-19-7-8-20-40(39)38-31-32-46-48(33-38)56-47-26-14-13-25-45(47)52(46)43-23-11-9-21-41(43)42-22-10-12-24-44(42)52/h1-33H. The Kier molecular flexibility index (Phi) is 7.36. The van der Waals surface area contributed by atoms with E-state index in [-0.39, 0.29) is 0 Å². The maximum atomic E-state index is 6.83. The second-order valence-corrected chi connectivity index (χ2v) is 14.3. The summed E-state index contributed by atoms with van der Waals surface area (Å²) in [5.41, 5.74) is 14.2. The molecule has 0 saturated carbocycles. The monoisotopic (exact) mass is 715 g/mol. The van der Waals surface area contributed by atoms with Crippen LogP contribution in [-0.4, -0.2) is 15.0 Å². The lowest BCUT2D eigenvalue weighted by Gasteiger charge is -2.39. The van der Waals surface area contributed by atoms with E-state index in [1.807, 2.05) is 60.7 Å². The molecule has 2 heterocycles. The predicted octanol–water partition coefficient (Wildman–Crippen LogP) is 12.7. The average Bonchev–Trinajstić information content (AvgIpc) is 3.57. The quantitative estimate of drug-likeness (QED) is 0.178. The minimum atomic E-state index is -0.485. The number of hydrogen-bond donors (Lipinski definition) is 0. The molecule has 8 aromatic carbocycles. The number of hydrogen-bond acceptors (Lipinski definition) is 4. The van der Waals surface area contributed by atoms with Crippen molar-refractivity contribution in [1.29, 1.82) is 0 Å². The van der Waals surface area contributed by atoms with Gasteiger partial charge in [-0.15, -0.1) is 0 Å². The van der Waals surface area contributed by atoms with Gasteiger partial charge in [-0.1, -0.05) is 188 Å². The van der Waals surface area contributed by atoms with E-state index >= 15 is 0 Å². The van der Waals surface area contributed by atoms with E-state index in [9.17, 15) is 0 Å². The topological polar surface area (TPSA) is 47.9 Å². The molecule has 56 heavy (non-hydrogen) atoms. The van der Waals surface area contributed by atoms with Crippen molar-refractivity contribution in [2.45, 2.75) is 5.41 Å². The van der Waals surface area contributed by atoms with Gasteiger partial charge in [0.15, 0.2) is 17.5 Å². The third kappa shape index (κ3) is 4.96. The van der Waals surface area contributed by atoms with E-state index in [4.69, 9.17) is 19.7 Å². The Morgan fingerprint density at radius 2 is 0.679 bits per heavy atom. The summed E-state index contributed by atoms with van der Waals surface area (Å²) in [5, 5.41) is 0. The van der Waals surface area contributed by atoms with Crippen LogP contribution in [-0.2, 0) is 5.41 Å². The highest BCUT2D eigenvalue weighted by Gasteiger charge is 2.50. The van der Waals surface area contributed by atoms with Gasteiger partial charge < -0.3 is 4.74 Å². The van der Waals surface area contributed by atoms with E-state index in [0.717, 1.165) is 56.0 Å². The summed E-state index contributed by atoms with van der Waals surface area (Å²) in [6.45, 7) is 0. The van der Waals surface area contributed by atoms with E-state index in [0.29, 0.717) is 17.5 Å². The van der Waals surface area contributed by atoms with Crippen LogP contribution in [0.25, 0.3) is 67.5 Å². The van der Waals surface area contributed by atoms with Gasteiger partial charge in [0.25, 0.3) is 0 Å². The van der Waals surface area contributed by atoms with Crippen molar-refractivity contribution in [2.24, 2.45) is 0 Å². The van der Waals surface area contributed by atoms with Crippen molar-refractivity contribution in [3.8, 4) is 79.0 Å². The fourth-order valence-corrected chi connectivity index (χ4v) is 8.75. The number of fused-ring (bicyclic) bond motifs is 9. The molecule has 4 heteroatoms. The lowest BCUT2D eigenvalue weighted by Crippen LogP contribution is -2.32. The number of nitrogens with zero attached hydrogens (tertiary/aromatic N) is 3. The lowest BCUT2D eigenvalue weighted by molar-refractivity contribution is 0.436. The van der Waals surface area contributed by atoms with Crippen LogP contribution in [0.5, 0.6) is 11.5 Å². The fraction of sp³-hybridized carbons (Fsp3) is 0.0192. The van der Waals surface area contributed by atoms with E-state index in [1.54, 1.807) is 0 Å².